The molecular weight excluding hydrogens is 346 g/mol. The summed E-state index contributed by atoms with van der Waals surface area (Å²) in [4.78, 5) is 19.6. The zero-order chi connectivity index (χ0) is 17.7. The average Bonchev–Trinajstić information content (AvgIpc) is 3.22. The molecule has 0 amide bonds. The third-order valence-electron chi connectivity index (χ3n) is 5.01. The van der Waals surface area contributed by atoms with E-state index in [0.29, 0.717) is 0 Å². The van der Waals surface area contributed by atoms with Gasteiger partial charge in [0.25, 0.3) is 0 Å². The van der Waals surface area contributed by atoms with Gasteiger partial charge in [-0.2, -0.15) is 0 Å². The second-order valence-corrected chi connectivity index (χ2v) is 7.77. The number of thiazole rings is 1. The number of rotatable bonds is 2. The maximum absolute atomic E-state index is 6.08. The molecule has 0 aliphatic carbocycles. The predicted molar refractivity (Wildman–Crippen MR) is 105 cm³/mol. The molecule has 0 N–H and O–H groups in total. The summed E-state index contributed by atoms with van der Waals surface area (Å²) >= 11 is 1.78. The molecule has 0 radical (unpaired) electrons. The first-order valence-electron chi connectivity index (χ1n) is 8.77. The molecule has 1 aliphatic heterocycles. The zero-order valence-electron chi connectivity index (χ0n) is 14.8. The minimum absolute atomic E-state index is 0.781. The number of anilines is 2. The van der Waals surface area contributed by atoms with Crippen LogP contribution in [0, 0.1) is 13.8 Å². The summed E-state index contributed by atoms with van der Waals surface area (Å²) in [5, 5.41) is 2.16. The lowest BCUT2D eigenvalue weighted by molar-refractivity contribution is 0.628. The highest BCUT2D eigenvalue weighted by atomic mass is 32.1. The Labute approximate surface area is 155 Å². The van der Waals surface area contributed by atoms with Crippen molar-refractivity contribution in [2.75, 3.05) is 36.0 Å². The molecule has 26 heavy (non-hydrogen) atoms. The Bertz CT molecular complexity index is 1070. The van der Waals surface area contributed by atoms with Crippen molar-refractivity contribution in [3.05, 3.63) is 41.2 Å². The van der Waals surface area contributed by atoms with Crippen LogP contribution in [0.5, 0.6) is 0 Å². The number of nitrogens with zero attached hydrogens (tertiary/aromatic N) is 5. The first kappa shape index (κ1) is 15.6. The van der Waals surface area contributed by atoms with Crippen LogP contribution < -0.4 is 9.80 Å². The molecule has 0 bridgehead atoms. The van der Waals surface area contributed by atoms with Gasteiger partial charge in [0.2, 0.25) is 0 Å². The largest absolute Gasteiger partial charge is 0.450 e. The van der Waals surface area contributed by atoms with E-state index < -0.39 is 0 Å². The Balaban J connectivity index is 1.44. The molecule has 1 aromatic carbocycles. The monoisotopic (exact) mass is 365 g/mol. The van der Waals surface area contributed by atoms with Crippen LogP contribution in [-0.4, -0.2) is 41.1 Å². The van der Waals surface area contributed by atoms with Gasteiger partial charge in [0.1, 0.15) is 17.4 Å². The Hall–Kier alpha value is -2.67. The van der Waals surface area contributed by atoms with Crippen molar-refractivity contribution >= 4 is 44.4 Å². The van der Waals surface area contributed by atoms with Gasteiger partial charge in [0.15, 0.2) is 16.5 Å². The van der Waals surface area contributed by atoms with Crippen LogP contribution in [-0.2, 0) is 0 Å². The first-order valence-corrected chi connectivity index (χ1v) is 9.58. The molecule has 5 rings (SSSR count). The Morgan fingerprint density at radius 3 is 2.54 bits per heavy atom. The lowest BCUT2D eigenvalue weighted by Crippen LogP contribution is -2.46. The molecule has 7 heteroatoms. The third-order valence-corrected chi connectivity index (χ3v) is 6.14. The third kappa shape index (κ3) is 2.42. The fourth-order valence-corrected chi connectivity index (χ4v) is 4.40. The number of piperazine rings is 1. The Kier molecular flexibility index (Phi) is 3.56. The van der Waals surface area contributed by atoms with Gasteiger partial charge in [-0.25, -0.2) is 15.0 Å². The molecule has 4 heterocycles. The summed E-state index contributed by atoms with van der Waals surface area (Å²) in [7, 11) is 0. The van der Waals surface area contributed by atoms with Gasteiger partial charge in [0, 0.05) is 36.4 Å². The number of hydrogen-bond acceptors (Lipinski definition) is 7. The predicted octanol–water partition coefficient (Wildman–Crippen LogP) is 3.78. The van der Waals surface area contributed by atoms with Crippen molar-refractivity contribution in [2.24, 2.45) is 0 Å². The highest BCUT2D eigenvalue weighted by Crippen LogP contribution is 2.33. The van der Waals surface area contributed by atoms with E-state index in [2.05, 4.69) is 33.6 Å². The van der Waals surface area contributed by atoms with Crippen LogP contribution in [0.25, 0.3) is 22.1 Å². The van der Waals surface area contributed by atoms with E-state index in [-0.39, 0.29) is 0 Å². The van der Waals surface area contributed by atoms with E-state index in [1.807, 2.05) is 24.3 Å². The summed E-state index contributed by atoms with van der Waals surface area (Å²) in [6, 6.07) is 8.01. The SMILES string of the molecule is Cc1nc(N2CCN(c3ncnc4c3oc3ccccc34)CC2)sc1C. The van der Waals surface area contributed by atoms with E-state index in [0.717, 1.165) is 64.9 Å². The lowest BCUT2D eigenvalue weighted by atomic mass is 10.2. The van der Waals surface area contributed by atoms with Crippen molar-refractivity contribution < 1.29 is 4.42 Å². The van der Waals surface area contributed by atoms with Crippen molar-refractivity contribution in [3.8, 4) is 0 Å². The molecule has 1 fully saturated rings. The Morgan fingerprint density at radius 2 is 1.77 bits per heavy atom. The van der Waals surface area contributed by atoms with E-state index in [1.54, 1.807) is 17.7 Å². The molecule has 132 valence electrons. The second kappa shape index (κ2) is 5.95. The highest BCUT2D eigenvalue weighted by molar-refractivity contribution is 7.15. The topological polar surface area (TPSA) is 58.3 Å². The van der Waals surface area contributed by atoms with E-state index in [1.165, 1.54) is 4.88 Å². The van der Waals surface area contributed by atoms with Crippen LogP contribution in [0.15, 0.2) is 35.0 Å². The van der Waals surface area contributed by atoms with Crippen molar-refractivity contribution in [1.29, 1.82) is 0 Å². The minimum Gasteiger partial charge on any atom is -0.450 e. The molecule has 6 nitrogen and oxygen atoms in total. The number of aromatic nitrogens is 3. The van der Waals surface area contributed by atoms with Crippen molar-refractivity contribution in [3.63, 3.8) is 0 Å². The van der Waals surface area contributed by atoms with Gasteiger partial charge in [-0.15, -0.1) is 11.3 Å². The van der Waals surface area contributed by atoms with Crippen molar-refractivity contribution in [2.45, 2.75) is 13.8 Å². The highest BCUT2D eigenvalue weighted by Gasteiger charge is 2.24. The standard InChI is InChI=1S/C19H19N5OS/c1-12-13(2)26-19(22-12)24-9-7-23(8-10-24)18-17-16(20-11-21-18)14-5-3-4-6-15(14)25-17/h3-6,11H,7-10H2,1-2H3. The van der Waals surface area contributed by atoms with Gasteiger partial charge in [-0.1, -0.05) is 12.1 Å². The molecule has 4 aromatic rings. The number of furan rings is 1. The van der Waals surface area contributed by atoms with Crippen molar-refractivity contribution in [1.82, 2.24) is 15.0 Å². The number of fused-ring (bicyclic) bond motifs is 3. The smallest absolute Gasteiger partial charge is 0.196 e. The fraction of sp³-hybridized carbons (Fsp3) is 0.316. The summed E-state index contributed by atoms with van der Waals surface area (Å²) in [5.41, 5.74) is 3.66. The summed E-state index contributed by atoms with van der Waals surface area (Å²) in [6.45, 7) is 7.84. The summed E-state index contributed by atoms with van der Waals surface area (Å²) in [6.07, 6.45) is 1.64. The van der Waals surface area contributed by atoms with Gasteiger partial charge < -0.3 is 14.2 Å². The minimum atomic E-state index is 0.781. The van der Waals surface area contributed by atoms with Gasteiger partial charge in [0.05, 0.1) is 5.69 Å². The van der Waals surface area contributed by atoms with Gasteiger partial charge in [-0.05, 0) is 26.0 Å². The number of hydrogen-bond donors (Lipinski definition) is 0. The summed E-state index contributed by atoms with van der Waals surface area (Å²) < 4.78 is 6.08. The van der Waals surface area contributed by atoms with E-state index >= 15 is 0 Å². The number of aryl methyl sites for hydroxylation is 2. The van der Waals surface area contributed by atoms with Crippen LogP contribution in [0.1, 0.15) is 10.6 Å². The normalized spacial score (nSPS) is 15.3. The van der Waals surface area contributed by atoms with Gasteiger partial charge in [-0.3, -0.25) is 0 Å². The second-order valence-electron chi connectivity index (χ2n) is 6.59. The maximum atomic E-state index is 6.08. The van der Waals surface area contributed by atoms with Crippen LogP contribution in [0.2, 0.25) is 0 Å². The fourth-order valence-electron chi connectivity index (χ4n) is 3.44. The van der Waals surface area contributed by atoms with Crippen LogP contribution >= 0.6 is 11.3 Å². The van der Waals surface area contributed by atoms with Crippen LogP contribution in [0.4, 0.5) is 10.9 Å². The Morgan fingerprint density at radius 1 is 1.00 bits per heavy atom. The quantitative estimate of drug-likeness (QED) is 0.539. The molecule has 0 atom stereocenters. The van der Waals surface area contributed by atoms with E-state index in [4.69, 9.17) is 9.40 Å². The first-order chi connectivity index (χ1) is 12.7. The van der Waals surface area contributed by atoms with Gasteiger partial charge >= 0.3 is 0 Å². The zero-order valence-corrected chi connectivity index (χ0v) is 15.6. The lowest BCUT2D eigenvalue weighted by Gasteiger charge is -2.35. The molecule has 0 spiro atoms. The summed E-state index contributed by atoms with van der Waals surface area (Å²) in [5.74, 6) is 0.886. The molecule has 1 aliphatic rings. The molecule has 1 saturated heterocycles. The average molecular weight is 365 g/mol. The molecule has 0 unspecified atom stereocenters. The van der Waals surface area contributed by atoms with Crippen LogP contribution in [0.3, 0.4) is 0 Å². The van der Waals surface area contributed by atoms with E-state index in [9.17, 15) is 0 Å². The molecule has 0 saturated carbocycles. The number of benzene rings is 1. The molecular formula is C19H19N5OS. The maximum Gasteiger partial charge on any atom is 0.196 e. The number of para-hydroxylation sites is 1. The molecule has 3 aromatic heterocycles.